The lowest BCUT2D eigenvalue weighted by molar-refractivity contribution is 0.0575. The van der Waals surface area contributed by atoms with Gasteiger partial charge in [-0.2, -0.15) is 8.68 Å². The molecule has 1 aromatic carbocycles. The number of likely N-dealkylation sites (tertiary alicyclic amines) is 1. The average molecular weight is 507 g/mol. The van der Waals surface area contributed by atoms with Gasteiger partial charge in [-0.05, 0) is 80.0 Å². The van der Waals surface area contributed by atoms with Crippen molar-refractivity contribution in [1.29, 1.82) is 0 Å². The summed E-state index contributed by atoms with van der Waals surface area (Å²) in [4.78, 5) is 6.56. The molecule has 0 amide bonds. The first-order chi connectivity index (χ1) is 15.9. The molecule has 176 valence electrons. The fourth-order valence-electron chi connectivity index (χ4n) is 4.61. The van der Waals surface area contributed by atoms with Crippen LogP contribution in [0, 0.1) is 5.92 Å². The van der Waals surface area contributed by atoms with Crippen LogP contribution < -0.4 is 4.74 Å². The van der Waals surface area contributed by atoms with E-state index in [0.29, 0.717) is 11.9 Å². The van der Waals surface area contributed by atoms with Crippen molar-refractivity contribution in [1.82, 2.24) is 18.6 Å². The summed E-state index contributed by atoms with van der Waals surface area (Å²) in [5.74, 6) is 1.02. The van der Waals surface area contributed by atoms with Gasteiger partial charge in [0.15, 0.2) is 5.03 Å². The van der Waals surface area contributed by atoms with Crippen LogP contribution in [-0.4, -0.2) is 59.8 Å². The average Bonchev–Trinajstić information content (AvgIpc) is 3.45. The molecule has 2 aliphatic rings. The number of fused-ring (bicyclic) bond motifs is 1. The summed E-state index contributed by atoms with van der Waals surface area (Å²) in [6.07, 6.45) is 7.31. The van der Waals surface area contributed by atoms with Gasteiger partial charge in [0.25, 0.3) is 10.0 Å². The fraction of sp³-hybridized carbons (Fsp3) is 0.478. The van der Waals surface area contributed by atoms with Gasteiger partial charge < -0.3 is 4.74 Å². The second-order valence-corrected chi connectivity index (χ2v) is 12.2. The lowest BCUT2D eigenvalue weighted by Crippen LogP contribution is -2.42. The van der Waals surface area contributed by atoms with Crippen LogP contribution in [0.5, 0.6) is 5.75 Å². The maximum Gasteiger partial charge on any atom is 0.261 e. The zero-order valence-electron chi connectivity index (χ0n) is 18.5. The Balaban J connectivity index is 1.15. The largest absolute Gasteiger partial charge is 0.490 e. The molecule has 7 nitrogen and oxygen atoms in total. The molecule has 0 spiro atoms. The standard InChI is InChI=1S/C23H27ClN4O3S2/c1-27(33(29,30)23-20-13-26-32-22(20)6-7-25-23)14-16-10-19(11-16)31-18-5-4-17(21(24)12-18)15-28-8-2-3-9-28/h4-7,12-13,16,19H,2-3,8-11,14-15H2,1H3. The van der Waals surface area contributed by atoms with Crippen LogP contribution in [0.1, 0.15) is 31.2 Å². The number of rotatable bonds is 8. The zero-order chi connectivity index (χ0) is 23.0. The van der Waals surface area contributed by atoms with Gasteiger partial charge >= 0.3 is 0 Å². The predicted octanol–water partition coefficient (Wildman–Crippen LogP) is 4.42. The first-order valence-electron chi connectivity index (χ1n) is 11.2. The highest BCUT2D eigenvalue weighted by Gasteiger charge is 2.35. The highest BCUT2D eigenvalue weighted by atomic mass is 35.5. The Labute approximate surface area is 203 Å². The molecular formula is C23H27ClN4O3S2. The number of benzene rings is 1. The van der Waals surface area contributed by atoms with Gasteiger partial charge in [-0.15, -0.1) is 0 Å². The summed E-state index contributed by atoms with van der Waals surface area (Å²) in [6.45, 7) is 3.60. The molecule has 3 heterocycles. The number of aromatic nitrogens is 2. The second kappa shape index (κ2) is 9.46. The van der Waals surface area contributed by atoms with Crippen molar-refractivity contribution in [3.05, 3.63) is 47.2 Å². The minimum Gasteiger partial charge on any atom is -0.490 e. The monoisotopic (exact) mass is 506 g/mol. The number of sulfonamides is 1. The third kappa shape index (κ3) is 4.88. The molecule has 3 aromatic rings. The normalized spacial score (nSPS) is 21.5. The first-order valence-corrected chi connectivity index (χ1v) is 13.8. The number of nitrogens with zero attached hydrogens (tertiary/aromatic N) is 4. The second-order valence-electron chi connectivity index (χ2n) is 8.95. The molecule has 10 heteroatoms. The molecule has 1 aliphatic carbocycles. The highest BCUT2D eigenvalue weighted by molar-refractivity contribution is 7.89. The first kappa shape index (κ1) is 23.0. The number of pyridine rings is 1. The van der Waals surface area contributed by atoms with Crippen LogP contribution in [-0.2, 0) is 16.6 Å². The van der Waals surface area contributed by atoms with Crippen molar-refractivity contribution in [3.63, 3.8) is 0 Å². The van der Waals surface area contributed by atoms with E-state index in [1.165, 1.54) is 34.9 Å². The number of halogens is 1. The number of hydrogen-bond donors (Lipinski definition) is 0. The summed E-state index contributed by atoms with van der Waals surface area (Å²) < 4.78 is 38.6. The van der Waals surface area contributed by atoms with Gasteiger partial charge in [-0.3, -0.25) is 4.90 Å². The van der Waals surface area contributed by atoms with Crippen molar-refractivity contribution >= 4 is 43.2 Å². The maximum absolute atomic E-state index is 13.1. The van der Waals surface area contributed by atoms with E-state index in [4.69, 9.17) is 16.3 Å². The maximum atomic E-state index is 13.1. The highest BCUT2D eigenvalue weighted by Crippen LogP contribution is 2.35. The van der Waals surface area contributed by atoms with E-state index < -0.39 is 10.0 Å². The fourth-order valence-corrected chi connectivity index (χ4v) is 6.88. The van der Waals surface area contributed by atoms with Crippen molar-refractivity contribution in [3.8, 4) is 5.75 Å². The van der Waals surface area contributed by atoms with E-state index in [-0.39, 0.29) is 17.0 Å². The summed E-state index contributed by atoms with van der Waals surface area (Å²) in [5, 5.41) is 1.40. The van der Waals surface area contributed by atoms with Gasteiger partial charge in [0.1, 0.15) is 5.75 Å². The molecule has 0 unspecified atom stereocenters. The third-order valence-electron chi connectivity index (χ3n) is 6.53. The molecule has 0 atom stereocenters. The molecule has 1 saturated carbocycles. The number of hydrogen-bond acceptors (Lipinski definition) is 7. The van der Waals surface area contributed by atoms with Crippen molar-refractivity contribution in [2.75, 3.05) is 26.7 Å². The van der Waals surface area contributed by atoms with E-state index in [1.54, 1.807) is 19.3 Å². The molecule has 2 fully saturated rings. The number of ether oxygens (including phenoxy) is 1. The van der Waals surface area contributed by atoms with Gasteiger partial charge in [-0.1, -0.05) is 17.7 Å². The molecule has 5 rings (SSSR count). The Bertz CT molecular complexity index is 1240. The molecule has 0 radical (unpaired) electrons. The molecule has 0 N–H and O–H groups in total. The van der Waals surface area contributed by atoms with Crippen molar-refractivity contribution in [2.24, 2.45) is 5.92 Å². The minimum absolute atomic E-state index is 0.0760. The molecule has 1 saturated heterocycles. The predicted molar refractivity (Wildman–Crippen MR) is 130 cm³/mol. The molecular weight excluding hydrogens is 480 g/mol. The summed E-state index contributed by atoms with van der Waals surface area (Å²) in [6, 6.07) is 7.73. The topological polar surface area (TPSA) is 75.6 Å². The van der Waals surface area contributed by atoms with Gasteiger partial charge in [0.2, 0.25) is 0 Å². The van der Waals surface area contributed by atoms with Gasteiger partial charge in [0.05, 0.1) is 22.4 Å². The van der Waals surface area contributed by atoms with Crippen LogP contribution in [0.4, 0.5) is 0 Å². The van der Waals surface area contributed by atoms with E-state index in [2.05, 4.69) is 20.3 Å². The molecule has 2 aromatic heterocycles. The summed E-state index contributed by atoms with van der Waals surface area (Å²) in [5.41, 5.74) is 1.13. The Morgan fingerprint density at radius 2 is 2.03 bits per heavy atom. The van der Waals surface area contributed by atoms with E-state index in [0.717, 1.165) is 53.5 Å². The molecule has 33 heavy (non-hydrogen) atoms. The SMILES string of the molecule is CN(CC1CC(Oc2ccc(CN3CCCC3)c(Cl)c2)C1)S(=O)(=O)c1nccc2sncc12. The Kier molecular flexibility index (Phi) is 6.59. The van der Waals surface area contributed by atoms with E-state index in [1.807, 2.05) is 12.1 Å². The van der Waals surface area contributed by atoms with E-state index >= 15 is 0 Å². The lowest BCUT2D eigenvalue weighted by atomic mass is 9.82. The van der Waals surface area contributed by atoms with Crippen LogP contribution >= 0.6 is 23.1 Å². The van der Waals surface area contributed by atoms with Gasteiger partial charge in [0, 0.05) is 31.4 Å². The quantitative estimate of drug-likeness (QED) is 0.450. The van der Waals surface area contributed by atoms with Crippen LogP contribution in [0.3, 0.4) is 0 Å². The Morgan fingerprint density at radius 3 is 2.79 bits per heavy atom. The van der Waals surface area contributed by atoms with Crippen molar-refractivity contribution < 1.29 is 13.2 Å². The van der Waals surface area contributed by atoms with Crippen molar-refractivity contribution in [2.45, 2.75) is 43.4 Å². The van der Waals surface area contributed by atoms with E-state index in [9.17, 15) is 8.42 Å². The Hall–Kier alpha value is -1.78. The zero-order valence-corrected chi connectivity index (χ0v) is 20.9. The smallest absolute Gasteiger partial charge is 0.261 e. The van der Waals surface area contributed by atoms with Crippen LogP contribution in [0.2, 0.25) is 5.02 Å². The molecule has 1 aliphatic heterocycles. The molecule has 0 bridgehead atoms. The van der Waals surface area contributed by atoms with Crippen LogP contribution in [0.25, 0.3) is 10.1 Å². The minimum atomic E-state index is -3.68. The van der Waals surface area contributed by atoms with Gasteiger partial charge in [-0.25, -0.2) is 13.4 Å². The summed E-state index contributed by atoms with van der Waals surface area (Å²) in [7, 11) is -2.06. The van der Waals surface area contributed by atoms with Crippen LogP contribution in [0.15, 0.2) is 41.7 Å². The third-order valence-corrected chi connectivity index (χ3v) is 9.43. The lowest BCUT2D eigenvalue weighted by Gasteiger charge is -2.37. The summed E-state index contributed by atoms with van der Waals surface area (Å²) >= 11 is 7.77. The Morgan fingerprint density at radius 1 is 1.24 bits per heavy atom.